The van der Waals surface area contributed by atoms with E-state index in [0.29, 0.717) is 17.2 Å². The molecule has 1 heterocycles. The van der Waals surface area contributed by atoms with Gasteiger partial charge >= 0.3 is 0 Å². The van der Waals surface area contributed by atoms with E-state index in [1.807, 2.05) is 6.07 Å². The van der Waals surface area contributed by atoms with Gasteiger partial charge in [0.2, 0.25) is 0 Å². The summed E-state index contributed by atoms with van der Waals surface area (Å²) in [6, 6.07) is 18.7. The molecule has 0 spiro atoms. The Hall–Kier alpha value is -3.55. The summed E-state index contributed by atoms with van der Waals surface area (Å²) in [4.78, 5) is 14.3. The van der Waals surface area contributed by atoms with Crippen molar-refractivity contribution in [2.75, 3.05) is 17.2 Å². The fourth-order valence-corrected chi connectivity index (χ4v) is 2.92. The van der Waals surface area contributed by atoms with E-state index < -0.39 is 5.91 Å². The molecule has 0 unspecified atom stereocenters. The number of para-hydroxylation sites is 3. The standard InChI is InChI=1S/C20H15N2O5/c1-21-15-9-5-6-10-17(15)27-18-12-14(26-13-7-3-2-4-8-13)11-16(22(24)25)19(18)20(21)23/h2-12,24H,1H3/q-1. The lowest BCUT2D eigenvalue weighted by molar-refractivity contribution is 0.0992. The van der Waals surface area contributed by atoms with Crippen molar-refractivity contribution < 1.29 is 19.5 Å². The highest BCUT2D eigenvalue weighted by molar-refractivity contribution is 6.13. The van der Waals surface area contributed by atoms with E-state index >= 15 is 0 Å². The molecule has 0 saturated heterocycles. The van der Waals surface area contributed by atoms with Gasteiger partial charge in [0.25, 0.3) is 5.91 Å². The number of carbonyl (C=O) groups is 1. The average molecular weight is 363 g/mol. The van der Waals surface area contributed by atoms with Gasteiger partial charge in [-0.25, -0.2) is 0 Å². The van der Waals surface area contributed by atoms with E-state index in [1.165, 1.54) is 17.0 Å². The van der Waals surface area contributed by atoms with Crippen molar-refractivity contribution in [3.8, 4) is 23.0 Å². The maximum absolute atomic E-state index is 12.9. The van der Waals surface area contributed by atoms with Gasteiger partial charge in [-0.15, -0.1) is 0 Å². The Bertz CT molecular complexity index is 1000. The van der Waals surface area contributed by atoms with Crippen molar-refractivity contribution in [2.24, 2.45) is 0 Å². The first-order valence-corrected chi connectivity index (χ1v) is 8.16. The predicted octanol–water partition coefficient (Wildman–Crippen LogP) is 4.55. The molecule has 1 aliphatic rings. The van der Waals surface area contributed by atoms with E-state index in [2.05, 4.69) is 0 Å². The Morgan fingerprint density at radius 1 is 1.00 bits per heavy atom. The molecule has 7 nitrogen and oxygen atoms in total. The molecule has 1 amide bonds. The predicted molar refractivity (Wildman–Crippen MR) is 99.8 cm³/mol. The molecule has 7 heteroatoms. The molecule has 0 radical (unpaired) electrons. The number of fused-ring (bicyclic) bond motifs is 2. The Kier molecular flexibility index (Phi) is 4.15. The van der Waals surface area contributed by atoms with Gasteiger partial charge in [-0.2, -0.15) is 0 Å². The van der Waals surface area contributed by atoms with Crippen LogP contribution in [0.25, 0.3) is 0 Å². The summed E-state index contributed by atoms with van der Waals surface area (Å²) >= 11 is 0. The van der Waals surface area contributed by atoms with Crippen LogP contribution in [-0.2, 0) is 0 Å². The first-order chi connectivity index (χ1) is 13.0. The normalized spacial score (nSPS) is 12.6. The molecule has 3 aromatic carbocycles. The molecular weight excluding hydrogens is 348 g/mol. The van der Waals surface area contributed by atoms with E-state index in [4.69, 9.17) is 9.47 Å². The topological polar surface area (TPSA) is 85.3 Å². The minimum Gasteiger partial charge on any atom is -0.733 e. The second-order valence-electron chi connectivity index (χ2n) is 5.94. The van der Waals surface area contributed by atoms with Crippen LogP contribution in [-0.4, -0.2) is 18.2 Å². The van der Waals surface area contributed by atoms with Gasteiger partial charge in [-0.1, -0.05) is 30.3 Å². The molecule has 1 aliphatic heterocycles. The summed E-state index contributed by atoms with van der Waals surface area (Å²) in [5.41, 5.74) is 0.236. The molecule has 1 N–H and O–H groups in total. The highest BCUT2D eigenvalue weighted by Gasteiger charge is 2.29. The summed E-state index contributed by atoms with van der Waals surface area (Å²) in [5.74, 6) is 0.877. The minimum absolute atomic E-state index is 0.0494. The third kappa shape index (κ3) is 3.05. The van der Waals surface area contributed by atoms with Crippen molar-refractivity contribution in [1.82, 2.24) is 0 Å². The van der Waals surface area contributed by atoms with Crippen molar-refractivity contribution >= 4 is 17.3 Å². The number of anilines is 2. The van der Waals surface area contributed by atoms with Crippen LogP contribution in [0.15, 0.2) is 66.7 Å². The van der Waals surface area contributed by atoms with E-state index in [1.54, 1.807) is 55.6 Å². The summed E-state index contributed by atoms with van der Waals surface area (Å²) in [6.07, 6.45) is 0. The highest BCUT2D eigenvalue weighted by atomic mass is 16.8. The van der Waals surface area contributed by atoms with E-state index in [9.17, 15) is 15.2 Å². The van der Waals surface area contributed by atoms with Crippen LogP contribution in [0.2, 0.25) is 0 Å². The highest BCUT2D eigenvalue weighted by Crippen LogP contribution is 2.44. The molecule has 0 aromatic heterocycles. The summed E-state index contributed by atoms with van der Waals surface area (Å²) in [6.45, 7) is 0. The van der Waals surface area contributed by atoms with Gasteiger partial charge in [-0.05, 0) is 24.3 Å². The van der Waals surface area contributed by atoms with Crippen molar-refractivity contribution in [1.29, 1.82) is 0 Å². The van der Waals surface area contributed by atoms with Gasteiger partial charge in [0.15, 0.2) is 5.75 Å². The number of hydrogen-bond donors (Lipinski definition) is 1. The first kappa shape index (κ1) is 16.9. The number of hydrogen-bond acceptors (Lipinski definition) is 6. The van der Waals surface area contributed by atoms with Crippen LogP contribution in [0.4, 0.5) is 11.4 Å². The lowest BCUT2D eigenvalue weighted by atomic mass is 10.1. The Morgan fingerprint density at radius 3 is 2.44 bits per heavy atom. The maximum Gasteiger partial charge on any atom is 0.264 e. The second kappa shape index (κ2) is 6.64. The molecule has 0 atom stereocenters. The number of rotatable bonds is 3. The van der Waals surface area contributed by atoms with Crippen molar-refractivity contribution in [2.45, 2.75) is 0 Å². The Labute approximate surface area is 155 Å². The molecule has 4 rings (SSSR count). The van der Waals surface area contributed by atoms with Crippen LogP contribution in [0, 0.1) is 5.21 Å². The lowest BCUT2D eigenvalue weighted by Crippen LogP contribution is -2.27. The molecule has 0 aliphatic carbocycles. The SMILES string of the molecule is CN1C(=O)c2c(cc(Oc3ccccc3)cc2N([O-])O)Oc2ccccc21. The van der Waals surface area contributed by atoms with Crippen LogP contribution in [0.3, 0.4) is 0 Å². The van der Waals surface area contributed by atoms with Crippen LogP contribution >= 0.6 is 0 Å². The quantitative estimate of drug-likeness (QED) is 0.687. The van der Waals surface area contributed by atoms with Crippen LogP contribution in [0.5, 0.6) is 23.0 Å². The molecule has 0 saturated carbocycles. The van der Waals surface area contributed by atoms with Gasteiger partial charge in [-0.3, -0.25) is 10.0 Å². The van der Waals surface area contributed by atoms with Gasteiger partial charge in [0.1, 0.15) is 22.8 Å². The molecule has 27 heavy (non-hydrogen) atoms. The average Bonchev–Trinajstić information content (AvgIpc) is 2.77. The molecule has 136 valence electrons. The van der Waals surface area contributed by atoms with Crippen LogP contribution < -0.4 is 19.6 Å². The first-order valence-electron chi connectivity index (χ1n) is 8.16. The number of ether oxygens (including phenoxy) is 2. The second-order valence-corrected chi connectivity index (χ2v) is 5.94. The fourth-order valence-electron chi connectivity index (χ4n) is 2.92. The molecule has 0 bridgehead atoms. The monoisotopic (exact) mass is 363 g/mol. The van der Waals surface area contributed by atoms with Crippen molar-refractivity contribution in [3.05, 3.63) is 77.5 Å². The summed E-state index contributed by atoms with van der Waals surface area (Å²) < 4.78 is 11.6. The molecular formula is C20H15N2O5-. The van der Waals surface area contributed by atoms with Gasteiger partial charge in [0, 0.05) is 19.2 Å². The number of nitrogens with zero attached hydrogens (tertiary/aromatic N) is 2. The Morgan fingerprint density at radius 2 is 1.70 bits per heavy atom. The van der Waals surface area contributed by atoms with Gasteiger partial charge < -0.3 is 24.8 Å². The van der Waals surface area contributed by atoms with E-state index in [0.717, 1.165) is 0 Å². The zero-order valence-electron chi connectivity index (χ0n) is 14.3. The third-order valence-electron chi connectivity index (χ3n) is 4.20. The summed E-state index contributed by atoms with van der Waals surface area (Å²) in [5, 5.41) is 21.0. The number of amides is 1. The smallest absolute Gasteiger partial charge is 0.264 e. The summed E-state index contributed by atoms with van der Waals surface area (Å²) in [7, 11) is 1.57. The van der Waals surface area contributed by atoms with Gasteiger partial charge in [0.05, 0.1) is 11.4 Å². The number of carbonyl (C=O) groups excluding carboxylic acids is 1. The minimum atomic E-state index is -0.480. The van der Waals surface area contributed by atoms with Crippen LogP contribution in [0.1, 0.15) is 10.4 Å². The largest absolute Gasteiger partial charge is 0.733 e. The zero-order chi connectivity index (χ0) is 19.0. The zero-order valence-corrected chi connectivity index (χ0v) is 14.3. The maximum atomic E-state index is 12.9. The van der Waals surface area contributed by atoms with E-state index in [-0.39, 0.29) is 28.0 Å². The third-order valence-corrected chi connectivity index (χ3v) is 4.20. The Balaban J connectivity index is 1.86. The molecule has 0 fully saturated rings. The molecule has 3 aromatic rings. The number of benzene rings is 3. The van der Waals surface area contributed by atoms with Crippen molar-refractivity contribution in [3.63, 3.8) is 0 Å². The fraction of sp³-hybridized carbons (Fsp3) is 0.0500. The lowest BCUT2D eigenvalue weighted by Gasteiger charge is -2.26.